The average Bonchev–Trinajstić information content (AvgIpc) is 2.82. The normalized spacial score (nSPS) is 13.4. The van der Waals surface area contributed by atoms with Gasteiger partial charge in [-0.1, -0.05) is 0 Å². The maximum Gasteiger partial charge on any atom is 0.242 e. The van der Waals surface area contributed by atoms with E-state index in [0.717, 1.165) is 0 Å². The van der Waals surface area contributed by atoms with Gasteiger partial charge in [0.25, 0.3) is 0 Å². The van der Waals surface area contributed by atoms with Crippen molar-refractivity contribution in [1.82, 2.24) is 19.7 Å². The lowest BCUT2D eigenvalue weighted by Gasteiger charge is -2.11. The van der Waals surface area contributed by atoms with Crippen LogP contribution in [0.5, 0.6) is 0 Å². The van der Waals surface area contributed by atoms with Gasteiger partial charge in [0.2, 0.25) is 10.0 Å². The van der Waals surface area contributed by atoms with Crippen molar-refractivity contribution in [3.05, 3.63) is 41.2 Å². The van der Waals surface area contributed by atoms with Crippen LogP contribution in [-0.4, -0.2) is 23.4 Å². The van der Waals surface area contributed by atoms with Crippen LogP contribution in [0.4, 0.5) is 0 Å². The molecule has 6 nitrogen and oxygen atoms in total. The molecule has 0 aliphatic carbocycles. The summed E-state index contributed by atoms with van der Waals surface area (Å²) in [6.45, 7) is 1.71. The fourth-order valence-electron chi connectivity index (χ4n) is 1.41. The first-order valence-electron chi connectivity index (χ1n) is 5.11. The second kappa shape index (κ2) is 5.17. The minimum Gasteiger partial charge on any atom is -0.347 e. The summed E-state index contributed by atoms with van der Waals surface area (Å²) in [6, 6.07) is 1.05. The third-order valence-corrected chi connectivity index (χ3v) is 4.19. The molecule has 2 rings (SSSR count). The highest BCUT2D eigenvalue weighted by molar-refractivity contribution is 9.10. The maximum atomic E-state index is 12.1. The van der Waals surface area contributed by atoms with E-state index in [-0.39, 0.29) is 4.90 Å². The van der Waals surface area contributed by atoms with Gasteiger partial charge in [0.15, 0.2) is 0 Å². The van der Waals surface area contributed by atoms with Crippen LogP contribution < -0.4 is 4.72 Å². The second-order valence-electron chi connectivity index (χ2n) is 3.66. The van der Waals surface area contributed by atoms with Crippen molar-refractivity contribution in [2.75, 3.05) is 0 Å². The molecule has 0 spiro atoms. The molecule has 2 heterocycles. The van der Waals surface area contributed by atoms with Gasteiger partial charge >= 0.3 is 0 Å². The van der Waals surface area contributed by atoms with Gasteiger partial charge in [-0.2, -0.15) is 0 Å². The van der Waals surface area contributed by atoms with Crippen LogP contribution in [0.1, 0.15) is 18.8 Å². The summed E-state index contributed by atoms with van der Waals surface area (Å²) in [7, 11) is -3.61. The molecule has 0 aromatic carbocycles. The van der Waals surface area contributed by atoms with Gasteiger partial charge in [-0.3, -0.25) is 4.98 Å². The van der Waals surface area contributed by atoms with Crippen LogP contribution in [0.25, 0.3) is 0 Å². The largest absolute Gasteiger partial charge is 0.347 e. The highest BCUT2D eigenvalue weighted by atomic mass is 79.9. The number of pyridine rings is 1. The van der Waals surface area contributed by atoms with Crippen LogP contribution in [0.3, 0.4) is 0 Å². The number of rotatable bonds is 4. The molecule has 0 radical (unpaired) electrons. The molecule has 8 heteroatoms. The highest BCUT2D eigenvalue weighted by Gasteiger charge is 2.20. The van der Waals surface area contributed by atoms with Crippen LogP contribution in [-0.2, 0) is 10.0 Å². The molecule has 1 unspecified atom stereocenters. The van der Waals surface area contributed by atoms with Gasteiger partial charge in [0.1, 0.15) is 10.7 Å². The lowest BCUT2D eigenvalue weighted by atomic mass is 10.3. The summed E-state index contributed by atoms with van der Waals surface area (Å²) < 4.78 is 27.3. The Morgan fingerprint density at radius 2 is 2.22 bits per heavy atom. The number of imidazole rings is 1. The van der Waals surface area contributed by atoms with E-state index in [1.807, 2.05) is 0 Å². The zero-order valence-electron chi connectivity index (χ0n) is 9.46. The molecule has 0 amide bonds. The Morgan fingerprint density at radius 3 is 2.83 bits per heavy atom. The topological polar surface area (TPSA) is 87.7 Å². The molecule has 2 aromatic heterocycles. The van der Waals surface area contributed by atoms with Gasteiger partial charge in [0.05, 0.1) is 6.04 Å². The van der Waals surface area contributed by atoms with Crippen molar-refractivity contribution >= 4 is 26.0 Å². The van der Waals surface area contributed by atoms with Gasteiger partial charge in [-0.25, -0.2) is 18.1 Å². The molecule has 2 N–H and O–H groups in total. The molecule has 0 saturated heterocycles. The maximum absolute atomic E-state index is 12.1. The van der Waals surface area contributed by atoms with Gasteiger partial charge in [-0.05, 0) is 28.9 Å². The number of H-pyrrole nitrogens is 1. The summed E-state index contributed by atoms with van der Waals surface area (Å²) in [4.78, 5) is 10.8. The lowest BCUT2D eigenvalue weighted by molar-refractivity contribution is 0.560. The van der Waals surface area contributed by atoms with E-state index < -0.39 is 16.1 Å². The van der Waals surface area contributed by atoms with Crippen LogP contribution in [0, 0.1) is 0 Å². The fraction of sp³-hybridized carbons (Fsp3) is 0.200. The Balaban J connectivity index is 2.22. The van der Waals surface area contributed by atoms with E-state index in [0.29, 0.717) is 10.3 Å². The Bertz CT molecular complexity index is 627. The first-order chi connectivity index (χ1) is 8.49. The number of halogens is 1. The Labute approximate surface area is 113 Å². The molecule has 0 fully saturated rings. The predicted octanol–water partition coefficient (Wildman–Crippen LogP) is 1.61. The van der Waals surface area contributed by atoms with E-state index in [2.05, 4.69) is 35.6 Å². The molecule has 0 bridgehead atoms. The van der Waals surface area contributed by atoms with Crippen molar-refractivity contribution in [2.24, 2.45) is 0 Å². The van der Waals surface area contributed by atoms with Gasteiger partial charge < -0.3 is 4.98 Å². The van der Waals surface area contributed by atoms with Crippen molar-refractivity contribution in [2.45, 2.75) is 17.9 Å². The van der Waals surface area contributed by atoms with E-state index in [1.165, 1.54) is 18.5 Å². The predicted molar refractivity (Wildman–Crippen MR) is 69.3 cm³/mol. The Hall–Kier alpha value is -1.25. The van der Waals surface area contributed by atoms with E-state index >= 15 is 0 Å². The summed E-state index contributed by atoms with van der Waals surface area (Å²) in [6.07, 6.45) is 6.03. The van der Waals surface area contributed by atoms with Crippen molar-refractivity contribution in [3.8, 4) is 0 Å². The quantitative estimate of drug-likeness (QED) is 0.891. The summed E-state index contributed by atoms with van der Waals surface area (Å²) >= 11 is 3.19. The summed E-state index contributed by atoms with van der Waals surface area (Å²) in [5.41, 5.74) is 0. The number of sulfonamides is 1. The molecule has 96 valence electrons. The minimum atomic E-state index is -3.61. The SMILES string of the molecule is CC(NS(=O)(=O)c1cncc(Br)c1)c1ncc[nH]1. The van der Waals surface area contributed by atoms with Crippen LogP contribution >= 0.6 is 15.9 Å². The zero-order valence-corrected chi connectivity index (χ0v) is 11.9. The zero-order chi connectivity index (χ0) is 13.2. The number of nitrogens with zero attached hydrogens (tertiary/aromatic N) is 2. The average molecular weight is 331 g/mol. The van der Waals surface area contributed by atoms with Gasteiger partial charge in [-0.15, -0.1) is 0 Å². The molecule has 0 aliphatic heterocycles. The first-order valence-corrected chi connectivity index (χ1v) is 7.39. The number of aromatic nitrogens is 3. The first kappa shape index (κ1) is 13.2. The monoisotopic (exact) mass is 330 g/mol. The van der Waals surface area contributed by atoms with Gasteiger partial charge in [0, 0.05) is 29.3 Å². The fourth-order valence-corrected chi connectivity index (χ4v) is 3.12. The summed E-state index contributed by atoms with van der Waals surface area (Å²) in [5.74, 6) is 0.557. The highest BCUT2D eigenvalue weighted by Crippen LogP contribution is 2.16. The second-order valence-corrected chi connectivity index (χ2v) is 6.29. The van der Waals surface area contributed by atoms with E-state index in [4.69, 9.17) is 0 Å². The Kier molecular flexibility index (Phi) is 3.79. The van der Waals surface area contributed by atoms with E-state index in [1.54, 1.807) is 19.3 Å². The standard InChI is InChI=1S/C10H11BrN4O2S/c1-7(10-13-2-3-14-10)15-18(16,17)9-4-8(11)5-12-6-9/h2-7,15H,1H3,(H,13,14). The number of nitrogens with one attached hydrogen (secondary N) is 2. The van der Waals surface area contributed by atoms with E-state index in [9.17, 15) is 8.42 Å². The Morgan fingerprint density at radius 1 is 1.44 bits per heavy atom. The van der Waals surface area contributed by atoms with Crippen LogP contribution in [0.2, 0.25) is 0 Å². The molecular formula is C10H11BrN4O2S. The molecule has 0 aliphatic rings. The van der Waals surface area contributed by atoms with Crippen molar-refractivity contribution in [3.63, 3.8) is 0 Å². The summed E-state index contributed by atoms with van der Waals surface area (Å²) in [5, 5.41) is 0. The lowest BCUT2D eigenvalue weighted by Crippen LogP contribution is -2.27. The number of aromatic amines is 1. The van der Waals surface area contributed by atoms with Crippen LogP contribution in [0.15, 0.2) is 40.2 Å². The minimum absolute atomic E-state index is 0.107. The smallest absolute Gasteiger partial charge is 0.242 e. The molecule has 18 heavy (non-hydrogen) atoms. The third-order valence-electron chi connectivity index (χ3n) is 2.25. The third kappa shape index (κ3) is 2.95. The molecule has 2 aromatic rings. The number of hydrogen-bond donors (Lipinski definition) is 2. The molecule has 1 atom stereocenters. The molecule has 0 saturated carbocycles. The molecular weight excluding hydrogens is 320 g/mol. The number of hydrogen-bond acceptors (Lipinski definition) is 4. The van der Waals surface area contributed by atoms with Crippen molar-refractivity contribution < 1.29 is 8.42 Å². The van der Waals surface area contributed by atoms with Crippen molar-refractivity contribution in [1.29, 1.82) is 0 Å².